The van der Waals surface area contributed by atoms with Gasteiger partial charge in [0.15, 0.2) is 11.5 Å². The molecule has 34 heavy (non-hydrogen) atoms. The van der Waals surface area contributed by atoms with Gasteiger partial charge in [-0.15, -0.1) is 0 Å². The van der Waals surface area contributed by atoms with Crippen LogP contribution in [0.15, 0.2) is 64.6 Å². The lowest BCUT2D eigenvalue weighted by atomic mass is 10.1. The first-order chi connectivity index (χ1) is 16.3. The number of hydrogen-bond donors (Lipinski definition) is 1. The lowest BCUT2D eigenvalue weighted by Crippen LogP contribution is -2.13. The van der Waals surface area contributed by atoms with Gasteiger partial charge in [0, 0.05) is 15.2 Å². The van der Waals surface area contributed by atoms with Crippen LogP contribution >= 0.6 is 27.5 Å². The number of anilines is 1. The first-order valence-corrected chi connectivity index (χ1v) is 11.8. The Morgan fingerprint density at radius 2 is 1.79 bits per heavy atom. The van der Waals surface area contributed by atoms with Gasteiger partial charge < -0.3 is 14.8 Å². The molecule has 3 aromatic rings. The summed E-state index contributed by atoms with van der Waals surface area (Å²) < 4.78 is 12.4. The monoisotopic (exact) mass is 538 g/mol. The van der Waals surface area contributed by atoms with Crippen molar-refractivity contribution in [2.75, 3.05) is 11.9 Å². The number of rotatable bonds is 8. The summed E-state index contributed by atoms with van der Waals surface area (Å²) in [7, 11) is 0. The van der Waals surface area contributed by atoms with Gasteiger partial charge in [0.25, 0.3) is 5.91 Å². The highest BCUT2D eigenvalue weighted by molar-refractivity contribution is 9.10. The number of carbonyl (C=O) groups excluding carboxylic acids is 1. The second-order valence-electron chi connectivity index (χ2n) is 7.62. The number of amides is 1. The summed E-state index contributed by atoms with van der Waals surface area (Å²) in [6, 6.07) is 18.8. The molecular formula is C27H24BrClN2O3. The minimum atomic E-state index is -0.535. The van der Waals surface area contributed by atoms with Crippen molar-refractivity contribution in [3.8, 4) is 17.6 Å². The Kier molecular flexibility index (Phi) is 8.75. The molecule has 0 unspecified atom stereocenters. The highest BCUT2D eigenvalue weighted by Gasteiger charge is 2.15. The maximum absolute atomic E-state index is 12.7. The standard InChI is InChI=1S/C27H24BrClN2O3/c1-4-33-25-12-20(23(28)14-26(25)34-16-19-8-5-17(2)6-9-19)11-21(15-30)27(32)31-22-10-7-18(3)24(29)13-22/h5-14H,4,16H2,1-3H3,(H,31,32)/b21-11-. The Labute approximate surface area is 213 Å². The van der Waals surface area contributed by atoms with Gasteiger partial charge >= 0.3 is 0 Å². The zero-order chi connectivity index (χ0) is 24.7. The van der Waals surface area contributed by atoms with Crippen LogP contribution in [0.3, 0.4) is 0 Å². The van der Waals surface area contributed by atoms with Crippen molar-refractivity contribution in [2.45, 2.75) is 27.4 Å². The molecule has 0 spiro atoms. The van der Waals surface area contributed by atoms with Gasteiger partial charge in [0.05, 0.1) is 6.61 Å². The molecular weight excluding hydrogens is 516 g/mol. The number of halogens is 2. The molecule has 174 valence electrons. The second kappa shape index (κ2) is 11.7. The third-order valence-corrected chi connectivity index (χ3v) is 6.07. The van der Waals surface area contributed by atoms with Crippen molar-refractivity contribution in [3.63, 3.8) is 0 Å². The minimum Gasteiger partial charge on any atom is -0.490 e. The predicted octanol–water partition coefficient (Wildman–Crippen LogP) is 7.24. The smallest absolute Gasteiger partial charge is 0.266 e. The number of nitriles is 1. The van der Waals surface area contributed by atoms with Gasteiger partial charge in [-0.2, -0.15) is 5.26 Å². The molecule has 0 atom stereocenters. The first-order valence-electron chi connectivity index (χ1n) is 10.6. The zero-order valence-electron chi connectivity index (χ0n) is 19.1. The second-order valence-corrected chi connectivity index (χ2v) is 8.88. The summed E-state index contributed by atoms with van der Waals surface area (Å²) in [4.78, 5) is 12.7. The van der Waals surface area contributed by atoms with Crippen molar-refractivity contribution >= 4 is 45.2 Å². The predicted molar refractivity (Wildman–Crippen MR) is 139 cm³/mol. The number of nitrogens with one attached hydrogen (secondary N) is 1. The minimum absolute atomic E-state index is 0.0619. The van der Waals surface area contributed by atoms with Crippen LogP contribution in [0.1, 0.15) is 29.2 Å². The van der Waals surface area contributed by atoms with Crippen LogP contribution in [-0.2, 0) is 11.4 Å². The van der Waals surface area contributed by atoms with Crippen LogP contribution in [0.2, 0.25) is 5.02 Å². The number of ether oxygens (including phenoxy) is 2. The fourth-order valence-electron chi connectivity index (χ4n) is 3.06. The highest BCUT2D eigenvalue weighted by Crippen LogP contribution is 2.35. The van der Waals surface area contributed by atoms with E-state index in [1.807, 2.05) is 51.1 Å². The van der Waals surface area contributed by atoms with Gasteiger partial charge in [-0.1, -0.05) is 63.4 Å². The van der Waals surface area contributed by atoms with Crippen LogP contribution < -0.4 is 14.8 Å². The number of hydrogen-bond acceptors (Lipinski definition) is 4. The fraction of sp³-hybridized carbons (Fsp3) is 0.185. The maximum Gasteiger partial charge on any atom is 0.266 e. The normalized spacial score (nSPS) is 11.0. The largest absolute Gasteiger partial charge is 0.490 e. The van der Waals surface area contributed by atoms with Crippen LogP contribution in [0.5, 0.6) is 11.5 Å². The molecule has 7 heteroatoms. The van der Waals surface area contributed by atoms with Gasteiger partial charge in [-0.25, -0.2) is 0 Å². The van der Waals surface area contributed by atoms with Crippen molar-refractivity contribution in [2.24, 2.45) is 0 Å². The molecule has 3 aromatic carbocycles. The molecule has 3 rings (SSSR count). The van der Waals surface area contributed by atoms with Crippen LogP contribution in [0, 0.1) is 25.2 Å². The van der Waals surface area contributed by atoms with Crippen LogP contribution in [-0.4, -0.2) is 12.5 Å². The van der Waals surface area contributed by atoms with Gasteiger partial charge in [-0.05, 0) is 67.8 Å². The molecule has 5 nitrogen and oxygen atoms in total. The molecule has 0 heterocycles. The van der Waals surface area contributed by atoms with E-state index in [9.17, 15) is 10.1 Å². The Hall–Kier alpha value is -3.27. The lowest BCUT2D eigenvalue weighted by Gasteiger charge is -2.14. The quantitative estimate of drug-likeness (QED) is 0.242. The number of carbonyl (C=O) groups is 1. The maximum atomic E-state index is 12.7. The van der Waals surface area contributed by atoms with E-state index in [0.717, 1.165) is 11.1 Å². The Morgan fingerprint density at radius 3 is 2.44 bits per heavy atom. The summed E-state index contributed by atoms with van der Waals surface area (Å²) in [5.74, 6) is 0.544. The summed E-state index contributed by atoms with van der Waals surface area (Å²) >= 11 is 9.65. The third kappa shape index (κ3) is 6.63. The van der Waals surface area contributed by atoms with Crippen molar-refractivity contribution < 1.29 is 14.3 Å². The molecule has 0 fully saturated rings. The van der Waals surface area contributed by atoms with Gasteiger partial charge in [0.2, 0.25) is 0 Å². The van der Waals surface area contributed by atoms with E-state index in [2.05, 4.69) is 21.2 Å². The molecule has 1 N–H and O–H groups in total. The molecule has 0 aliphatic rings. The summed E-state index contributed by atoms with van der Waals surface area (Å²) in [5.41, 5.74) is 4.17. The molecule has 1 amide bonds. The molecule has 0 aromatic heterocycles. The molecule has 0 saturated carbocycles. The van der Waals surface area contributed by atoms with Gasteiger partial charge in [0.1, 0.15) is 18.2 Å². The zero-order valence-corrected chi connectivity index (χ0v) is 21.5. The molecule has 0 aliphatic carbocycles. The van der Waals surface area contributed by atoms with Crippen molar-refractivity contribution in [1.29, 1.82) is 5.26 Å². The highest BCUT2D eigenvalue weighted by atomic mass is 79.9. The van der Waals surface area contributed by atoms with Gasteiger partial charge in [-0.3, -0.25) is 4.79 Å². The Morgan fingerprint density at radius 1 is 1.09 bits per heavy atom. The summed E-state index contributed by atoms with van der Waals surface area (Å²) in [6.45, 7) is 6.60. The Balaban J connectivity index is 1.84. The average Bonchev–Trinajstić information content (AvgIpc) is 2.81. The average molecular weight is 540 g/mol. The topological polar surface area (TPSA) is 71.3 Å². The molecule has 0 bridgehead atoms. The Bertz CT molecular complexity index is 1260. The fourth-order valence-corrected chi connectivity index (χ4v) is 3.68. The first kappa shape index (κ1) is 25.4. The van der Waals surface area contributed by atoms with Crippen molar-refractivity contribution in [3.05, 3.63) is 91.9 Å². The van der Waals surface area contributed by atoms with E-state index in [1.54, 1.807) is 30.3 Å². The van der Waals surface area contributed by atoms with E-state index in [4.69, 9.17) is 21.1 Å². The van der Waals surface area contributed by atoms with Crippen LogP contribution in [0.25, 0.3) is 6.08 Å². The van der Waals surface area contributed by atoms with E-state index < -0.39 is 5.91 Å². The molecule has 0 aliphatic heterocycles. The SMILES string of the molecule is CCOc1cc(/C=C(/C#N)C(=O)Nc2ccc(C)c(Cl)c2)c(Br)cc1OCc1ccc(C)cc1. The van der Waals surface area contributed by atoms with Crippen LogP contribution in [0.4, 0.5) is 5.69 Å². The molecule has 0 saturated heterocycles. The van der Waals surface area contributed by atoms with Crippen molar-refractivity contribution in [1.82, 2.24) is 0 Å². The van der Waals surface area contributed by atoms with E-state index >= 15 is 0 Å². The lowest BCUT2D eigenvalue weighted by molar-refractivity contribution is -0.112. The number of nitrogens with zero attached hydrogens (tertiary/aromatic N) is 1. The number of aryl methyl sites for hydroxylation is 2. The third-order valence-electron chi connectivity index (χ3n) is 4.97. The summed E-state index contributed by atoms with van der Waals surface area (Å²) in [6.07, 6.45) is 1.50. The molecule has 0 radical (unpaired) electrons. The summed E-state index contributed by atoms with van der Waals surface area (Å²) in [5, 5.41) is 12.8. The van der Waals surface area contributed by atoms with E-state index in [-0.39, 0.29) is 5.57 Å². The van der Waals surface area contributed by atoms with E-state index in [0.29, 0.717) is 45.5 Å². The number of benzene rings is 3. The van der Waals surface area contributed by atoms with E-state index in [1.165, 1.54) is 11.6 Å².